The number of phenolic OH excluding ortho intramolecular Hbond substituents is 1. The standard InChI is InChI=1S/C27H22FNO3/c1-32-25-14-19(9-13-24(25)30)22-15-26(31)29(16-17-6-10-20(28)11-7-17)23-12-8-18-4-2-3-5-21(18)27(22)23/h2-14,22,30H,15-16H2,1H3. The number of fused-ring (bicyclic) bond motifs is 3. The normalized spacial score (nSPS) is 15.6. The maximum absolute atomic E-state index is 13.4. The Labute approximate surface area is 185 Å². The Morgan fingerprint density at radius 2 is 1.81 bits per heavy atom. The molecule has 0 aliphatic carbocycles. The number of amides is 1. The maximum atomic E-state index is 13.4. The van der Waals surface area contributed by atoms with Gasteiger partial charge in [-0.25, -0.2) is 4.39 Å². The molecule has 32 heavy (non-hydrogen) atoms. The zero-order chi connectivity index (χ0) is 22.2. The molecule has 4 aromatic rings. The number of methoxy groups -OCH3 is 1. The van der Waals surface area contributed by atoms with Crippen LogP contribution in [0.2, 0.25) is 0 Å². The summed E-state index contributed by atoms with van der Waals surface area (Å²) in [6.07, 6.45) is 0.288. The van der Waals surface area contributed by atoms with Gasteiger partial charge >= 0.3 is 0 Å². The molecule has 4 nitrogen and oxygen atoms in total. The molecule has 0 saturated heterocycles. The molecule has 5 rings (SSSR count). The van der Waals surface area contributed by atoms with Gasteiger partial charge < -0.3 is 14.7 Å². The summed E-state index contributed by atoms with van der Waals surface area (Å²) in [4.78, 5) is 15.1. The van der Waals surface area contributed by atoms with Crippen LogP contribution in [0, 0.1) is 5.82 Å². The summed E-state index contributed by atoms with van der Waals surface area (Å²) < 4.78 is 18.7. The first-order valence-corrected chi connectivity index (χ1v) is 10.5. The van der Waals surface area contributed by atoms with Crippen molar-refractivity contribution in [2.75, 3.05) is 12.0 Å². The Hall–Kier alpha value is -3.86. The topological polar surface area (TPSA) is 49.8 Å². The fraction of sp³-hybridized carbons (Fsp3) is 0.148. The predicted octanol–water partition coefficient (Wildman–Crippen LogP) is 5.76. The van der Waals surface area contributed by atoms with Gasteiger partial charge in [0.2, 0.25) is 5.91 Å². The van der Waals surface area contributed by atoms with Crippen molar-refractivity contribution in [3.05, 3.63) is 101 Å². The van der Waals surface area contributed by atoms with Crippen molar-refractivity contribution in [3.8, 4) is 11.5 Å². The van der Waals surface area contributed by atoms with Gasteiger partial charge in [-0.3, -0.25) is 4.79 Å². The largest absolute Gasteiger partial charge is 0.504 e. The fourth-order valence-electron chi connectivity index (χ4n) is 4.55. The Morgan fingerprint density at radius 3 is 2.59 bits per heavy atom. The first kappa shape index (κ1) is 20.1. The van der Waals surface area contributed by atoms with E-state index < -0.39 is 0 Å². The lowest BCUT2D eigenvalue weighted by molar-refractivity contribution is -0.119. The van der Waals surface area contributed by atoms with Gasteiger partial charge in [-0.15, -0.1) is 0 Å². The van der Waals surface area contributed by atoms with E-state index >= 15 is 0 Å². The molecule has 0 bridgehead atoms. The lowest BCUT2D eigenvalue weighted by Gasteiger charge is -2.35. The molecule has 5 heteroatoms. The Kier molecular flexibility index (Phi) is 5.02. The number of halogens is 1. The van der Waals surface area contributed by atoms with Gasteiger partial charge in [0.1, 0.15) is 5.82 Å². The number of benzene rings is 4. The van der Waals surface area contributed by atoms with E-state index in [1.807, 2.05) is 30.3 Å². The average molecular weight is 427 g/mol. The molecule has 1 aliphatic rings. The van der Waals surface area contributed by atoms with Gasteiger partial charge in [-0.2, -0.15) is 0 Å². The fourth-order valence-corrected chi connectivity index (χ4v) is 4.55. The van der Waals surface area contributed by atoms with Crippen molar-refractivity contribution in [1.29, 1.82) is 0 Å². The van der Waals surface area contributed by atoms with E-state index in [9.17, 15) is 14.3 Å². The molecular weight excluding hydrogens is 405 g/mol. The van der Waals surface area contributed by atoms with E-state index in [0.717, 1.165) is 33.2 Å². The second-order valence-corrected chi connectivity index (χ2v) is 8.01. The highest BCUT2D eigenvalue weighted by atomic mass is 19.1. The van der Waals surface area contributed by atoms with Gasteiger partial charge in [0.15, 0.2) is 11.5 Å². The van der Waals surface area contributed by atoms with Crippen LogP contribution in [0.4, 0.5) is 10.1 Å². The molecule has 0 spiro atoms. The molecule has 1 heterocycles. The van der Waals surface area contributed by atoms with Crippen LogP contribution in [0.5, 0.6) is 11.5 Å². The minimum absolute atomic E-state index is 0.00542. The lowest BCUT2D eigenvalue weighted by Crippen LogP contribution is -2.36. The zero-order valence-corrected chi connectivity index (χ0v) is 17.6. The minimum atomic E-state index is -0.300. The van der Waals surface area contributed by atoms with Gasteiger partial charge in [0.05, 0.1) is 13.7 Å². The quantitative estimate of drug-likeness (QED) is 0.450. The number of carbonyl (C=O) groups excluding carboxylic acids is 1. The number of phenols is 1. The van der Waals surface area contributed by atoms with E-state index in [0.29, 0.717) is 12.3 Å². The number of ether oxygens (including phenoxy) is 1. The molecule has 1 aliphatic heterocycles. The van der Waals surface area contributed by atoms with E-state index in [1.54, 1.807) is 29.2 Å². The number of rotatable bonds is 4. The first-order chi connectivity index (χ1) is 15.5. The second-order valence-electron chi connectivity index (χ2n) is 8.01. The molecule has 1 amide bonds. The Bertz CT molecular complexity index is 1320. The van der Waals surface area contributed by atoms with Crippen molar-refractivity contribution in [2.24, 2.45) is 0 Å². The van der Waals surface area contributed by atoms with E-state index in [1.165, 1.54) is 19.2 Å². The lowest BCUT2D eigenvalue weighted by atomic mass is 9.81. The molecule has 0 aromatic heterocycles. The van der Waals surface area contributed by atoms with Gasteiger partial charge in [0.25, 0.3) is 0 Å². The van der Waals surface area contributed by atoms with Crippen molar-refractivity contribution >= 4 is 22.4 Å². The van der Waals surface area contributed by atoms with E-state index in [-0.39, 0.29) is 29.8 Å². The first-order valence-electron chi connectivity index (χ1n) is 10.5. The molecule has 0 saturated carbocycles. The Morgan fingerprint density at radius 1 is 1.03 bits per heavy atom. The van der Waals surface area contributed by atoms with Crippen molar-refractivity contribution < 1.29 is 19.0 Å². The highest BCUT2D eigenvalue weighted by Crippen LogP contribution is 2.45. The summed E-state index contributed by atoms with van der Waals surface area (Å²) in [5.74, 6) is -0.0388. The van der Waals surface area contributed by atoms with Gasteiger partial charge in [-0.1, -0.05) is 48.5 Å². The summed E-state index contributed by atoms with van der Waals surface area (Å²) >= 11 is 0. The molecular formula is C27H22FNO3. The van der Waals surface area contributed by atoms with Crippen molar-refractivity contribution in [1.82, 2.24) is 0 Å². The van der Waals surface area contributed by atoms with Gasteiger partial charge in [-0.05, 0) is 57.8 Å². The van der Waals surface area contributed by atoms with Crippen LogP contribution >= 0.6 is 0 Å². The number of hydrogen-bond acceptors (Lipinski definition) is 3. The van der Waals surface area contributed by atoms with Crippen LogP contribution in [0.15, 0.2) is 78.9 Å². The summed E-state index contributed by atoms with van der Waals surface area (Å²) in [6.45, 7) is 0.371. The van der Waals surface area contributed by atoms with Crippen LogP contribution in [0.1, 0.15) is 29.0 Å². The minimum Gasteiger partial charge on any atom is -0.504 e. The van der Waals surface area contributed by atoms with Gasteiger partial charge in [0, 0.05) is 18.0 Å². The van der Waals surface area contributed by atoms with E-state index in [2.05, 4.69) is 12.1 Å². The van der Waals surface area contributed by atoms with Crippen molar-refractivity contribution in [2.45, 2.75) is 18.9 Å². The summed E-state index contributed by atoms with van der Waals surface area (Å²) in [5.41, 5.74) is 3.69. The zero-order valence-electron chi connectivity index (χ0n) is 17.6. The van der Waals surface area contributed by atoms with Crippen LogP contribution in [0.25, 0.3) is 10.8 Å². The second kappa shape index (κ2) is 8.00. The van der Waals surface area contributed by atoms with Crippen LogP contribution in [0.3, 0.4) is 0 Å². The number of aromatic hydroxyl groups is 1. The monoisotopic (exact) mass is 427 g/mol. The third-order valence-corrected chi connectivity index (χ3v) is 6.13. The third kappa shape index (κ3) is 3.46. The number of hydrogen-bond donors (Lipinski definition) is 1. The molecule has 1 atom stereocenters. The summed E-state index contributed by atoms with van der Waals surface area (Å²) in [5, 5.41) is 12.2. The molecule has 1 N–H and O–H groups in total. The molecule has 0 fully saturated rings. The van der Waals surface area contributed by atoms with Crippen LogP contribution < -0.4 is 9.64 Å². The molecule has 160 valence electrons. The number of nitrogens with zero attached hydrogens (tertiary/aromatic N) is 1. The molecule has 1 unspecified atom stereocenters. The Balaban J connectivity index is 1.67. The summed E-state index contributed by atoms with van der Waals surface area (Å²) in [6, 6.07) is 23.6. The summed E-state index contributed by atoms with van der Waals surface area (Å²) in [7, 11) is 1.51. The van der Waals surface area contributed by atoms with Crippen LogP contribution in [-0.4, -0.2) is 18.1 Å². The highest BCUT2D eigenvalue weighted by molar-refractivity contribution is 6.03. The number of carbonyl (C=O) groups is 1. The average Bonchev–Trinajstić information content (AvgIpc) is 2.82. The molecule has 4 aromatic carbocycles. The maximum Gasteiger partial charge on any atom is 0.228 e. The SMILES string of the molecule is COc1cc(C2CC(=O)N(Cc3ccc(F)cc3)c3ccc4ccccc4c32)ccc1O. The van der Waals surface area contributed by atoms with Crippen LogP contribution in [-0.2, 0) is 11.3 Å². The van der Waals surface area contributed by atoms with Crippen molar-refractivity contribution in [3.63, 3.8) is 0 Å². The number of anilines is 1. The highest BCUT2D eigenvalue weighted by Gasteiger charge is 2.34. The van der Waals surface area contributed by atoms with E-state index in [4.69, 9.17) is 4.74 Å². The third-order valence-electron chi connectivity index (χ3n) is 6.13. The molecule has 0 radical (unpaired) electrons. The smallest absolute Gasteiger partial charge is 0.228 e. The predicted molar refractivity (Wildman–Crippen MR) is 123 cm³/mol.